The fourth-order valence-corrected chi connectivity index (χ4v) is 4.60. The normalized spacial score (nSPS) is 27.7. The van der Waals surface area contributed by atoms with E-state index in [1.54, 1.807) is 0 Å². The molecule has 1 aliphatic heterocycles. The summed E-state index contributed by atoms with van der Waals surface area (Å²) >= 11 is 1.86. The molecular formula is C18H23N3OS. The van der Waals surface area contributed by atoms with Gasteiger partial charge in [-0.2, -0.15) is 0 Å². The number of hydrogen-bond acceptors (Lipinski definition) is 5. The van der Waals surface area contributed by atoms with Gasteiger partial charge in [-0.05, 0) is 36.4 Å². The van der Waals surface area contributed by atoms with Crippen LogP contribution in [0, 0.1) is 5.92 Å². The third kappa shape index (κ3) is 3.42. The minimum Gasteiger partial charge on any atom is -0.383 e. The fourth-order valence-electron chi connectivity index (χ4n) is 3.87. The summed E-state index contributed by atoms with van der Waals surface area (Å²) in [4.78, 5) is 8.25. The van der Waals surface area contributed by atoms with E-state index in [0.717, 1.165) is 31.9 Å². The van der Waals surface area contributed by atoms with Crippen LogP contribution in [0.3, 0.4) is 0 Å². The van der Waals surface area contributed by atoms with Crippen LogP contribution in [-0.2, 0) is 11.3 Å². The van der Waals surface area contributed by atoms with Crippen LogP contribution in [0.1, 0.15) is 17.7 Å². The Labute approximate surface area is 141 Å². The Bertz CT molecular complexity index is 604. The lowest BCUT2D eigenvalue weighted by atomic mass is 10.0. The summed E-state index contributed by atoms with van der Waals surface area (Å²) in [5, 5.41) is 5.69. The Hall–Kier alpha value is -1.43. The topological polar surface area (TPSA) is 37.4 Å². The Morgan fingerprint density at radius 3 is 3.13 bits per heavy atom. The summed E-state index contributed by atoms with van der Waals surface area (Å²) in [6.07, 6.45) is 6.55. The number of nitrogens with one attached hydrogen (secondary N) is 1. The summed E-state index contributed by atoms with van der Waals surface area (Å²) in [5.74, 6) is 0.589. The van der Waals surface area contributed by atoms with Crippen LogP contribution >= 0.6 is 11.3 Å². The van der Waals surface area contributed by atoms with Crippen LogP contribution in [0.15, 0.2) is 42.0 Å². The van der Waals surface area contributed by atoms with Crippen molar-refractivity contribution in [3.05, 3.63) is 46.9 Å². The number of fused-ring (bicyclic) bond motifs is 1. The average molecular weight is 329 g/mol. The van der Waals surface area contributed by atoms with E-state index in [9.17, 15) is 0 Å². The number of aromatic nitrogens is 1. The van der Waals surface area contributed by atoms with Crippen LogP contribution in [0.2, 0.25) is 0 Å². The molecule has 1 N–H and O–H groups in total. The van der Waals surface area contributed by atoms with Crippen molar-refractivity contribution >= 4 is 17.0 Å². The van der Waals surface area contributed by atoms with E-state index in [1.807, 2.05) is 29.8 Å². The molecule has 0 unspecified atom stereocenters. The van der Waals surface area contributed by atoms with Gasteiger partial charge in [-0.15, -0.1) is 11.3 Å². The molecule has 0 spiro atoms. The summed E-state index contributed by atoms with van der Waals surface area (Å²) in [6.45, 7) is 3.96. The van der Waals surface area contributed by atoms with Gasteiger partial charge in [-0.3, -0.25) is 9.88 Å². The highest BCUT2D eigenvalue weighted by atomic mass is 32.1. The average Bonchev–Trinajstić information content (AvgIpc) is 3.24. The van der Waals surface area contributed by atoms with E-state index < -0.39 is 0 Å². The number of morpholine rings is 1. The SMILES string of the molecule is c1cncc(NC[C@@H]2CC[C@@H]3[C@H]2OCCN3Cc2cccs2)c1. The molecule has 122 valence electrons. The molecule has 4 nitrogen and oxygen atoms in total. The molecule has 3 heterocycles. The second kappa shape index (κ2) is 6.99. The van der Waals surface area contributed by atoms with Crippen LogP contribution in [0.25, 0.3) is 0 Å². The number of pyridine rings is 1. The molecule has 2 fully saturated rings. The Morgan fingerprint density at radius 1 is 1.30 bits per heavy atom. The van der Waals surface area contributed by atoms with Crippen molar-refractivity contribution in [2.45, 2.75) is 31.5 Å². The van der Waals surface area contributed by atoms with E-state index in [0.29, 0.717) is 18.1 Å². The van der Waals surface area contributed by atoms with E-state index in [-0.39, 0.29) is 0 Å². The van der Waals surface area contributed by atoms with Gasteiger partial charge in [0.25, 0.3) is 0 Å². The second-order valence-corrected chi connectivity index (χ2v) is 7.44. The molecule has 4 rings (SSSR count). The van der Waals surface area contributed by atoms with E-state index in [4.69, 9.17) is 4.74 Å². The van der Waals surface area contributed by atoms with Gasteiger partial charge >= 0.3 is 0 Å². The van der Waals surface area contributed by atoms with Gasteiger partial charge in [0, 0.05) is 48.9 Å². The molecule has 1 saturated carbocycles. The fraction of sp³-hybridized carbons (Fsp3) is 0.500. The Morgan fingerprint density at radius 2 is 2.30 bits per heavy atom. The predicted molar refractivity (Wildman–Crippen MR) is 93.7 cm³/mol. The van der Waals surface area contributed by atoms with E-state index in [2.05, 4.69) is 38.8 Å². The van der Waals surface area contributed by atoms with Gasteiger partial charge in [0.2, 0.25) is 0 Å². The molecular weight excluding hydrogens is 306 g/mol. The summed E-state index contributed by atoms with van der Waals surface area (Å²) in [7, 11) is 0. The number of rotatable bonds is 5. The lowest BCUT2D eigenvalue weighted by molar-refractivity contribution is -0.0742. The number of nitrogens with zero attached hydrogens (tertiary/aromatic N) is 2. The first-order valence-corrected chi connectivity index (χ1v) is 9.30. The van der Waals surface area contributed by atoms with Gasteiger partial charge in [0.1, 0.15) is 0 Å². The molecule has 0 aromatic carbocycles. The molecule has 1 saturated heterocycles. The van der Waals surface area contributed by atoms with Gasteiger partial charge < -0.3 is 10.1 Å². The molecule has 23 heavy (non-hydrogen) atoms. The quantitative estimate of drug-likeness (QED) is 0.914. The van der Waals surface area contributed by atoms with Gasteiger partial charge in [0.05, 0.1) is 18.4 Å². The minimum atomic E-state index is 0.368. The predicted octanol–water partition coefficient (Wildman–Crippen LogP) is 3.23. The first kappa shape index (κ1) is 15.1. The van der Waals surface area contributed by atoms with Crippen molar-refractivity contribution in [3.8, 4) is 0 Å². The summed E-state index contributed by atoms with van der Waals surface area (Å²) < 4.78 is 6.16. The highest BCUT2D eigenvalue weighted by molar-refractivity contribution is 7.09. The molecule has 5 heteroatoms. The molecule has 0 amide bonds. The Balaban J connectivity index is 1.37. The minimum absolute atomic E-state index is 0.368. The van der Waals surface area contributed by atoms with Crippen molar-refractivity contribution in [1.29, 1.82) is 0 Å². The van der Waals surface area contributed by atoms with Crippen molar-refractivity contribution in [2.75, 3.05) is 25.0 Å². The molecule has 0 bridgehead atoms. The maximum atomic E-state index is 6.16. The number of anilines is 1. The molecule has 1 aliphatic carbocycles. The van der Waals surface area contributed by atoms with E-state index in [1.165, 1.54) is 17.7 Å². The maximum absolute atomic E-state index is 6.16. The van der Waals surface area contributed by atoms with Gasteiger partial charge in [-0.1, -0.05) is 6.07 Å². The summed E-state index contributed by atoms with van der Waals surface area (Å²) in [5.41, 5.74) is 1.10. The van der Waals surface area contributed by atoms with Crippen molar-refractivity contribution in [2.24, 2.45) is 5.92 Å². The molecule has 2 aromatic heterocycles. The number of thiophene rings is 1. The Kier molecular flexibility index (Phi) is 4.60. The second-order valence-electron chi connectivity index (χ2n) is 6.41. The third-order valence-corrected chi connectivity index (χ3v) is 5.86. The summed E-state index contributed by atoms with van der Waals surface area (Å²) in [6, 6.07) is 9.01. The van der Waals surface area contributed by atoms with Crippen LogP contribution in [0.5, 0.6) is 0 Å². The number of hydrogen-bond donors (Lipinski definition) is 1. The van der Waals surface area contributed by atoms with Crippen LogP contribution in [-0.4, -0.2) is 41.7 Å². The van der Waals surface area contributed by atoms with Crippen molar-refractivity contribution in [3.63, 3.8) is 0 Å². The molecule has 0 radical (unpaired) electrons. The maximum Gasteiger partial charge on any atom is 0.0775 e. The van der Waals surface area contributed by atoms with Gasteiger partial charge in [0.15, 0.2) is 0 Å². The largest absolute Gasteiger partial charge is 0.383 e. The van der Waals surface area contributed by atoms with Crippen LogP contribution < -0.4 is 5.32 Å². The highest BCUT2D eigenvalue weighted by Crippen LogP contribution is 2.35. The monoisotopic (exact) mass is 329 g/mol. The zero-order valence-corrected chi connectivity index (χ0v) is 14.0. The number of ether oxygens (including phenoxy) is 1. The third-order valence-electron chi connectivity index (χ3n) is 5.00. The standard InChI is InChI=1S/C18H23N3OS/c1-3-15(12-19-7-1)20-11-14-5-6-17-18(14)22-9-8-21(17)13-16-4-2-10-23-16/h1-4,7,10,12,14,17-18,20H,5-6,8-9,11,13H2/t14-,17+,18-/m0/s1. The first-order chi connectivity index (χ1) is 11.4. The lowest BCUT2D eigenvalue weighted by Crippen LogP contribution is -2.50. The lowest BCUT2D eigenvalue weighted by Gasteiger charge is -2.39. The highest BCUT2D eigenvalue weighted by Gasteiger charge is 2.42. The zero-order chi connectivity index (χ0) is 15.5. The van der Waals surface area contributed by atoms with Gasteiger partial charge in [-0.25, -0.2) is 0 Å². The van der Waals surface area contributed by atoms with Crippen molar-refractivity contribution in [1.82, 2.24) is 9.88 Å². The molecule has 3 atom stereocenters. The van der Waals surface area contributed by atoms with E-state index >= 15 is 0 Å². The molecule has 2 aromatic rings. The zero-order valence-electron chi connectivity index (χ0n) is 13.2. The molecule has 2 aliphatic rings. The smallest absolute Gasteiger partial charge is 0.0775 e. The van der Waals surface area contributed by atoms with Crippen molar-refractivity contribution < 1.29 is 4.74 Å². The van der Waals surface area contributed by atoms with Crippen LogP contribution in [0.4, 0.5) is 5.69 Å². The first-order valence-electron chi connectivity index (χ1n) is 8.42.